The molecule has 6 nitrogen and oxygen atoms in total. The molecule has 0 spiro atoms. The molecule has 0 aromatic heterocycles. The third-order valence-corrected chi connectivity index (χ3v) is 11.8. The molecule has 3 aliphatic rings. The van der Waals surface area contributed by atoms with Crippen LogP contribution in [0.1, 0.15) is 63.9 Å². The van der Waals surface area contributed by atoms with Crippen LogP contribution in [0.5, 0.6) is 5.75 Å². The summed E-state index contributed by atoms with van der Waals surface area (Å²) in [5.74, 6) is -3.54. The molecule has 1 saturated carbocycles. The van der Waals surface area contributed by atoms with Gasteiger partial charge < -0.3 is 9.64 Å². The average Bonchev–Trinajstić information content (AvgIpc) is 3.58. The van der Waals surface area contributed by atoms with Crippen LogP contribution in [0.4, 0.5) is 8.78 Å². The maximum absolute atomic E-state index is 16.5. The lowest BCUT2D eigenvalue weighted by Gasteiger charge is -2.42. The number of amides is 1. The van der Waals surface area contributed by atoms with E-state index in [1.807, 2.05) is 12.1 Å². The summed E-state index contributed by atoms with van der Waals surface area (Å²) in [6.45, 7) is 2.11. The molecular formula is C33H37BrF2N2O4S. The van der Waals surface area contributed by atoms with Crippen molar-refractivity contribution < 1.29 is 26.7 Å². The van der Waals surface area contributed by atoms with Crippen molar-refractivity contribution in [1.82, 2.24) is 9.21 Å². The number of carbonyl (C=O) groups excluding carboxylic acids is 1. The zero-order valence-electron chi connectivity index (χ0n) is 24.4. The molecule has 0 radical (unpaired) electrons. The first-order valence-electron chi connectivity index (χ1n) is 15.1. The molecule has 2 bridgehead atoms. The number of carbonyl (C=O) groups is 1. The highest BCUT2D eigenvalue weighted by Crippen LogP contribution is 2.44. The van der Waals surface area contributed by atoms with E-state index in [0.29, 0.717) is 20.1 Å². The zero-order valence-corrected chi connectivity index (χ0v) is 26.8. The summed E-state index contributed by atoms with van der Waals surface area (Å²) in [6.07, 6.45) is 7.45. The number of sulfonamides is 1. The van der Waals surface area contributed by atoms with Crippen LogP contribution in [0.15, 0.2) is 70.0 Å². The molecule has 3 aromatic rings. The Balaban J connectivity index is 1.36. The van der Waals surface area contributed by atoms with E-state index in [9.17, 15) is 13.2 Å². The second-order valence-corrected chi connectivity index (χ2v) is 15.4. The second kappa shape index (κ2) is 11.7. The number of ether oxygens (including phenoxy) is 1. The van der Waals surface area contributed by atoms with Crippen molar-refractivity contribution >= 4 is 42.6 Å². The van der Waals surface area contributed by atoms with Crippen molar-refractivity contribution in [3.05, 3.63) is 70.7 Å². The van der Waals surface area contributed by atoms with Crippen LogP contribution in [0, 0.1) is 5.92 Å². The first-order chi connectivity index (χ1) is 20.4. The molecule has 3 aromatic carbocycles. The van der Waals surface area contributed by atoms with Gasteiger partial charge in [0, 0.05) is 29.2 Å². The largest absolute Gasteiger partial charge is 0.490 e. The van der Waals surface area contributed by atoms with Gasteiger partial charge in [0.1, 0.15) is 5.75 Å². The van der Waals surface area contributed by atoms with Gasteiger partial charge in [-0.2, -0.15) is 13.1 Å². The Morgan fingerprint density at radius 1 is 0.977 bits per heavy atom. The van der Waals surface area contributed by atoms with Gasteiger partial charge in [0.2, 0.25) is 15.9 Å². The van der Waals surface area contributed by atoms with E-state index in [1.54, 1.807) is 23.1 Å². The number of rotatable bonds is 8. The van der Waals surface area contributed by atoms with Gasteiger partial charge in [0.15, 0.2) is 6.04 Å². The quantitative estimate of drug-likeness (QED) is 0.248. The SMILES string of the molecule is CC1CC2CCC(C1)N2C(=O)C(N(C)S(=O)(=O)c1ccc2cc(OC3CCCC3)ccc2c1)C(F)(F)c1cccc(Br)c1. The number of hydrogen-bond acceptors (Lipinski definition) is 4. The number of likely N-dealkylation sites (N-methyl/N-ethyl adjacent to an activating group) is 1. The summed E-state index contributed by atoms with van der Waals surface area (Å²) in [5, 5.41) is 1.42. The Morgan fingerprint density at radius 3 is 2.30 bits per heavy atom. The van der Waals surface area contributed by atoms with Crippen molar-refractivity contribution in [2.24, 2.45) is 5.92 Å². The number of piperidine rings is 1. The Kier molecular flexibility index (Phi) is 8.32. The Hall–Kier alpha value is -2.56. The highest BCUT2D eigenvalue weighted by Gasteiger charge is 2.56. The third kappa shape index (κ3) is 5.82. The summed E-state index contributed by atoms with van der Waals surface area (Å²) in [4.78, 5) is 15.6. The minimum absolute atomic E-state index is 0.148. The molecular weight excluding hydrogens is 638 g/mol. The standard InChI is InChI=1S/C33H37BrF2N2O4S/c1-21-16-26-12-13-27(17-21)38(26)32(39)31(33(35,36)24-6-5-7-25(34)20-24)37(2)43(40,41)30-15-11-22-18-29(14-10-23(22)19-30)42-28-8-3-4-9-28/h5-7,10-11,14-15,18-21,26-28,31H,3-4,8-9,12-13,16-17H2,1-2H3. The van der Waals surface area contributed by atoms with Gasteiger partial charge >= 0.3 is 0 Å². The molecule has 1 amide bonds. The van der Waals surface area contributed by atoms with E-state index in [4.69, 9.17) is 4.74 Å². The summed E-state index contributed by atoms with van der Waals surface area (Å²) in [7, 11) is -3.41. The van der Waals surface area contributed by atoms with Crippen LogP contribution in [0.2, 0.25) is 0 Å². The molecule has 230 valence electrons. The smallest absolute Gasteiger partial charge is 0.298 e. The summed E-state index contributed by atoms with van der Waals surface area (Å²) < 4.78 is 68.3. The molecule has 1 aliphatic carbocycles. The van der Waals surface area contributed by atoms with Crippen molar-refractivity contribution in [3.63, 3.8) is 0 Å². The number of alkyl halides is 2. The van der Waals surface area contributed by atoms with Crippen molar-refractivity contribution in [2.75, 3.05) is 7.05 Å². The highest BCUT2D eigenvalue weighted by atomic mass is 79.9. The molecule has 10 heteroatoms. The maximum Gasteiger partial charge on any atom is 0.298 e. The highest BCUT2D eigenvalue weighted by molar-refractivity contribution is 9.10. The zero-order chi connectivity index (χ0) is 30.5. The van der Waals surface area contributed by atoms with E-state index < -0.39 is 33.5 Å². The van der Waals surface area contributed by atoms with Crippen LogP contribution < -0.4 is 4.74 Å². The molecule has 0 N–H and O–H groups in total. The lowest BCUT2D eigenvalue weighted by atomic mass is 9.90. The van der Waals surface area contributed by atoms with Gasteiger partial charge in [0.05, 0.1) is 11.0 Å². The molecule has 3 unspecified atom stereocenters. The van der Waals surface area contributed by atoms with E-state index in [1.165, 1.54) is 30.3 Å². The fraction of sp³-hybridized carbons (Fsp3) is 0.485. The number of fused-ring (bicyclic) bond motifs is 3. The number of nitrogens with zero attached hydrogens (tertiary/aromatic N) is 2. The topological polar surface area (TPSA) is 66.9 Å². The Morgan fingerprint density at radius 2 is 1.63 bits per heavy atom. The maximum atomic E-state index is 16.5. The minimum atomic E-state index is -4.51. The molecule has 3 fully saturated rings. The van der Waals surface area contributed by atoms with Crippen LogP contribution in [0.25, 0.3) is 10.8 Å². The van der Waals surface area contributed by atoms with Crippen molar-refractivity contribution in [3.8, 4) is 5.75 Å². The normalized spacial score (nSPS) is 23.7. The van der Waals surface area contributed by atoms with Gasteiger partial charge in [-0.15, -0.1) is 0 Å². The van der Waals surface area contributed by atoms with Crippen LogP contribution >= 0.6 is 15.9 Å². The van der Waals surface area contributed by atoms with E-state index in [-0.39, 0.29) is 23.1 Å². The molecule has 2 heterocycles. The first-order valence-corrected chi connectivity index (χ1v) is 17.3. The van der Waals surface area contributed by atoms with Gasteiger partial charge in [0.25, 0.3) is 5.92 Å². The van der Waals surface area contributed by atoms with Crippen LogP contribution in [-0.4, -0.2) is 54.8 Å². The lowest BCUT2D eigenvalue weighted by Crippen LogP contribution is -2.60. The van der Waals surface area contributed by atoms with Gasteiger partial charge in [-0.3, -0.25) is 4.79 Å². The monoisotopic (exact) mass is 674 g/mol. The predicted molar refractivity (Wildman–Crippen MR) is 166 cm³/mol. The predicted octanol–water partition coefficient (Wildman–Crippen LogP) is 7.49. The summed E-state index contributed by atoms with van der Waals surface area (Å²) in [5.41, 5.74) is -0.423. The van der Waals surface area contributed by atoms with Crippen molar-refractivity contribution in [1.29, 1.82) is 0 Å². The molecule has 6 rings (SSSR count). The molecule has 2 saturated heterocycles. The Bertz CT molecular complexity index is 1610. The lowest BCUT2D eigenvalue weighted by molar-refractivity contribution is -0.155. The van der Waals surface area contributed by atoms with E-state index >= 15 is 8.78 Å². The fourth-order valence-corrected chi connectivity index (χ4v) is 9.03. The first kappa shape index (κ1) is 30.5. The number of hydrogen-bond donors (Lipinski definition) is 0. The van der Waals surface area contributed by atoms with Gasteiger partial charge in [-0.05, 0) is 104 Å². The van der Waals surface area contributed by atoms with Gasteiger partial charge in [-0.25, -0.2) is 8.42 Å². The van der Waals surface area contributed by atoms with E-state index in [2.05, 4.69) is 22.9 Å². The van der Waals surface area contributed by atoms with E-state index in [0.717, 1.165) is 69.5 Å². The minimum Gasteiger partial charge on any atom is -0.490 e. The van der Waals surface area contributed by atoms with Crippen LogP contribution in [0.3, 0.4) is 0 Å². The number of benzene rings is 3. The number of halogens is 3. The van der Waals surface area contributed by atoms with Crippen molar-refractivity contribution in [2.45, 2.75) is 93.3 Å². The summed E-state index contributed by atoms with van der Waals surface area (Å²) in [6, 6.07) is 13.0. The molecule has 2 aliphatic heterocycles. The second-order valence-electron chi connectivity index (χ2n) is 12.5. The Labute approximate surface area is 260 Å². The average molecular weight is 676 g/mol. The fourth-order valence-electron chi connectivity index (χ4n) is 7.28. The third-order valence-electron chi connectivity index (χ3n) is 9.44. The molecule has 3 atom stereocenters. The van der Waals surface area contributed by atoms with Crippen LogP contribution in [-0.2, 0) is 20.7 Å². The summed E-state index contributed by atoms with van der Waals surface area (Å²) >= 11 is 3.25. The molecule has 43 heavy (non-hydrogen) atoms. The van der Waals surface area contributed by atoms with Gasteiger partial charge in [-0.1, -0.05) is 47.1 Å².